The molecule has 2 aromatic carbocycles. The number of hydrogen-bond donors (Lipinski definition) is 0. The average Bonchev–Trinajstić information content (AvgIpc) is 2.59. The predicted octanol–water partition coefficient (Wildman–Crippen LogP) is 4.39. The average molecular weight is 326 g/mol. The third-order valence-corrected chi connectivity index (χ3v) is 3.35. The van der Waals surface area contributed by atoms with Crippen molar-refractivity contribution >= 4 is 11.9 Å². The van der Waals surface area contributed by atoms with E-state index in [4.69, 9.17) is 14.2 Å². The number of methoxy groups -OCH3 is 2. The van der Waals surface area contributed by atoms with Crippen molar-refractivity contribution in [1.82, 2.24) is 0 Å². The van der Waals surface area contributed by atoms with E-state index in [1.807, 2.05) is 38.1 Å². The van der Waals surface area contributed by atoms with Gasteiger partial charge in [0.1, 0.15) is 5.75 Å². The number of ether oxygens (including phenoxy) is 3. The molecule has 0 aliphatic carbocycles. The topological polar surface area (TPSA) is 44.8 Å². The molecule has 0 bridgehead atoms. The minimum atomic E-state index is -0.0986. The molecule has 24 heavy (non-hydrogen) atoms. The van der Waals surface area contributed by atoms with Crippen LogP contribution in [0, 0.1) is 0 Å². The molecule has 2 rings (SSSR count). The molecule has 0 amide bonds. The maximum Gasteiger partial charge on any atom is 0.185 e. The lowest BCUT2D eigenvalue weighted by atomic mass is 10.1. The molecule has 0 unspecified atom stereocenters. The zero-order valence-corrected chi connectivity index (χ0v) is 14.4. The second-order valence-electron chi connectivity index (χ2n) is 5.50. The summed E-state index contributed by atoms with van der Waals surface area (Å²) in [5, 5.41) is 0. The molecule has 4 heteroatoms. The van der Waals surface area contributed by atoms with Crippen LogP contribution < -0.4 is 14.2 Å². The maximum absolute atomic E-state index is 12.3. The van der Waals surface area contributed by atoms with E-state index < -0.39 is 0 Å². The molecule has 0 saturated carbocycles. The number of rotatable bonds is 7. The summed E-state index contributed by atoms with van der Waals surface area (Å²) >= 11 is 0. The van der Waals surface area contributed by atoms with E-state index in [1.165, 1.54) is 0 Å². The van der Waals surface area contributed by atoms with Gasteiger partial charge in [0.25, 0.3) is 0 Å². The molecular formula is C20H22O4. The van der Waals surface area contributed by atoms with Crippen LogP contribution in [0.15, 0.2) is 48.5 Å². The Morgan fingerprint density at radius 1 is 0.958 bits per heavy atom. The van der Waals surface area contributed by atoms with Crippen molar-refractivity contribution in [2.24, 2.45) is 0 Å². The van der Waals surface area contributed by atoms with Gasteiger partial charge in [0, 0.05) is 5.56 Å². The Morgan fingerprint density at radius 2 is 1.62 bits per heavy atom. The summed E-state index contributed by atoms with van der Waals surface area (Å²) in [4.78, 5) is 12.3. The van der Waals surface area contributed by atoms with Gasteiger partial charge < -0.3 is 14.2 Å². The van der Waals surface area contributed by atoms with Crippen LogP contribution in [0.2, 0.25) is 0 Å². The predicted molar refractivity (Wildman–Crippen MR) is 95.1 cm³/mol. The summed E-state index contributed by atoms with van der Waals surface area (Å²) in [5.74, 6) is 1.84. The zero-order chi connectivity index (χ0) is 17.5. The molecule has 0 saturated heterocycles. The molecule has 0 spiro atoms. The summed E-state index contributed by atoms with van der Waals surface area (Å²) in [5.41, 5.74) is 1.48. The molecule has 0 aromatic heterocycles. The highest BCUT2D eigenvalue weighted by Gasteiger charge is 2.08. The van der Waals surface area contributed by atoms with Crippen LogP contribution in [0.25, 0.3) is 6.08 Å². The first-order valence-electron chi connectivity index (χ1n) is 7.74. The lowest BCUT2D eigenvalue weighted by Crippen LogP contribution is -2.05. The molecule has 0 radical (unpaired) electrons. The SMILES string of the molecule is COc1ccc(C(=O)/C=C/c2ccc(OC(C)C)cc2)cc1OC. The van der Waals surface area contributed by atoms with Gasteiger partial charge in [-0.15, -0.1) is 0 Å². The van der Waals surface area contributed by atoms with Gasteiger partial charge in [-0.1, -0.05) is 18.2 Å². The Bertz CT molecular complexity index is 715. The number of benzene rings is 2. The summed E-state index contributed by atoms with van der Waals surface area (Å²) in [6.07, 6.45) is 3.45. The highest BCUT2D eigenvalue weighted by atomic mass is 16.5. The monoisotopic (exact) mass is 326 g/mol. The lowest BCUT2D eigenvalue weighted by molar-refractivity contribution is 0.104. The zero-order valence-electron chi connectivity index (χ0n) is 14.4. The van der Waals surface area contributed by atoms with E-state index in [1.54, 1.807) is 44.6 Å². The number of ketones is 1. The van der Waals surface area contributed by atoms with Crippen molar-refractivity contribution in [3.8, 4) is 17.2 Å². The Kier molecular flexibility index (Phi) is 6.01. The van der Waals surface area contributed by atoms with Crippen LogP contribution in [0.5, 0.6) is 17.2 Å². The van der Waals surface area contributed by atoms with E-state index in [2.05, 4.69) is 0 Å². The third kappa shape index (κ3) is 4.62. The van der Waals surface area contributed by atoms with Crippen LogP contribution in [0.1, 0.15) is 29.8 Å². The van der Waals surface area contributed by atoms with Crippen LogP contribution in [0.4, 0.5) is 0 Å². The minimum Gasteiger partial charge on any atom is -0.493 e. The van der Waals surface area contributed by atoms with Crippen LogP contribution in [-0.2, 0) is 0 Å². The molecule has 4 nitrogen and oxygen atoms in total. The summed E-state index contributed by atoms with van der Waals surface area (Å²) in [6, 6.07) is 12.7. The molecular weight excluding hydrogens is 304 g/mol. The largest absolute Gasteiger partial charge is 0.493 e. The second kappa shape index (κ2) is 8.20. The smallest absolute Gasteiger partial charge is 0.185 e. The van der Waals surface area contributed by atoms with Gasteiger partial charge in [0.15, 0.2) is 17.3 Å². The summed E-state index contributed by atoms with van der Waals surface area (Å²) < 4.78 is 16.0. The third-order valence-electron chi connectivity index (χ3n) is 3.35. The second-order valence-corrected chi connectivity index (χ2v) is 5.50. The Balaban J connectivity index is 2.10. The molecule has 2 aromatic rings. The van der Waals surface area contributed by atoms with Gasteiger partial charge in [-0.25, -0.2) is 0 Å². The fourth-order valence-corrected chi connectivity index (χ4v) is 2.19. The van der Waals surface area contributed by atoms with Crippen molar-refractivity contribution in [2.45, 2.75) is 20.0 Å². The first kappa shape index (κ1) is 17.6. The van der Waals surface area contributed by atoms with E-state index >= 15 is 0 Å². The quantitative estimate of drug-likeness (QED) is 0.559. The lowest BCUT2D eigenvalue weighted by Gasteiger charge is -2.09. The number of carbonyl (C=O) groups excluding carboxylic acids is 1. The Hall–Kier alpha value is -2.75. The fraction of sp³-hybridized carbons (Fsp3) is 0.250. The van der Waals surface area contributed by atoms with Crippen LogP contribution in [0.3, 0.4) is 0 Å². The molecule has 0 aliphatic heterocycles. The summed E-state index contributed by atoms with van der Waals surface area (Å²) in [7, 11) is 3.11. The number of carbonyl (C=O) groups is 1. The molecule has 0 N–H and O–H groups in total. The van der Waals surface area contributed by atoms with Gasteiger partial charge in [-0.2, -0.15) is 0 Å². The number of hydrogen-bond acceptors (Lipinski definition) is 4. The first-order chi connectivity index (χ1) is 11.5. The molecule has 0 fully saturated rings. The molecule has 0 atom stereocenters. The van der Waals surface area contributed by atoms with Gasteiger partial charge in [-0.3, -0.25) is 4.79 Å². The van der Waals surface area contributed by atoms with Gasteiger partial charge >= 0.3 is 0 Å². The van der Waals surface area contributed by atoms with Crippen LogP contribution >= 0.6 is 0 Å². The Morgan fingerprint density at radius 3 is 2.21 bits per heavy atom. The molecule has 0 heterocycles. The van der Waals surface area contributed by atoms with Crippen LogP contribution in [-0.4, -0.2) is 26.1 Å². The van der Waals surface area contributed by atoms with E-state index in [-0.39, 0.29) is 11.9 Å². The van der Waals surface area contributed by atoms with E-state index in [9.17, 15) is 4.79 Å². The fourth-order valence-electron chi connectivity index (χ4n) is 2.19. The molecule has 0 aliphatic rings. The maximum atomic E-state index is 12.3. The minimum absolute atomic E-state index is 0.0986. The van der Waals surface area contributed by atoms with Crippen molar-refractivity contribution in [3.63, 3.8) is 0 Å². The standard InChI is InChI=1S/C20H22O4/c1-14(2)24-17-9-5-15(6-10-17)7-11-18(21)16-8-12-19(22-3)20(13-16)23-4/h5-14H,1-4H3/b11-7+. The van der Waals surface area contributed by atoms with Crippen molar-refractivity contribution < 1.29 is 19.0 Å². The molecule has 126 valence electrons. The van der Waals surface area contributed by atoms with Gasteiger partial charge in [-0.05, 0) is 55.8 Å². The van der Waals surface area contributed by atoms with Crippen molar-refractivity contribution in [3.05, 3.63) is 59.7 Å². The number of allylic oxidation sites excluding steroid dienone is 1. The van der Waals surface area contributed by atoms with Gasteiger partial charge in [0.2, 0.25) is 0 Å². The highest BCUT2D eigenvalue weighted by molar-refractivity contribution is 6.07. The van der Waals surface area contributed by atoms with Crippen molar-refractivity contribution in [1.29, 1.82) is 0 Å². The summed E-state index contributed by atoms with van der Waals surface area (Å²) in [6.45, 7) is 3.96. The Labute approximate surface area is 142 Å². The van der Waals surface area contributed by atoms with Gasteiger partial charge in [0.05, 0.1) is 20.3 Å². The van der Waals surface area contributed by atoms with Crippen molar-refractivity contribution in [2.75, 3.05) is 14.2 Å². The van der Waals surface area contributed by atoms with E-state index in [0.717, 1.165) is 11.3 Å². The van der Waals surface area contributed by atoms with E-state index in [0.29, 0.717) is 17.1 Å². The highest BCUT2D eigenvalue weighted by Crippen LogP contribution is 2.27. The first-order valence-corrected chi connectivity index (χ1v) is 7.74. The normalized spacial score (nSPS) is 10.9.